The molecule has 0 aliphatic carbocycles. The number of amidine groups is 1. The van der Waals surface area contributed by atoms with Crippen LogP contribution >= 0.6 is 0 Å². The van der Waals surface area contributed by atoms with Gasteiger partial charge in [0.1, 0.15) is 5.71 Å². The van der Waals surface area contributed by atoms with Gasteiger partial charge in [-0.2, -0.15) is 13.2 Å². The number of alkyl halides is 3. The molecular formula is C19H23F3N4. The van der Waals surface area contributed by atoms with Crippen molar-refractivity contribution in [3.8, 4) is 0 Å². The van der Waals surface area contributed by atoms with Crippen molar-refractivity contribution in [2.45, 2.75) is 39.4 Å². The fourth-order valence-electron chi connectivity index (χ4n) is 2.69. The Morgan fingerprint density at radius 1 is 1.31 bits per heavy atom. The molecule has 7 heteroatoms. The first-order valence-electron chi connectivity index (χ1n) is 8.46. The number of benzene rings is 1. The zero-order valence-corrected chi connectivity index (χ0v) is 15.2. The first-order valence-corrected chi connectivity index (χ1v) is 8.46. The standard InChI is InChI=1S/C19H23F3N4/c1-5-23-12(2)10-13(3)25-14(4)15-6-8-16(9-7-15)18-24-11-17(26-18)19(20,21)22/h6-9,13,25H,4-5,10-11H2,1-3H3/b23-12-. The Labute approximate surface area is 151 Å². The van der Waals surface area contributed by atoms with Crippen LogP contribution in [0.3, 0.4) is 0 Å². The highest BCUT2D eigenvalue weighted by atomic mass is 19.4. The largest absolute Gasteiger partial charge is 0.431 e. The van der Waals surface area contributed by atoms with Crippen molar-refractivity contribution >= 4 is 23.0 Å². The lowest BCUT2D eigenvalue weighted by Crippen LogP contribution is -2.26. The average molecular weight is 364 g/mol. The van der Waals surface area contributed by atoms with E-state index in [1.54, 1.807) is 24.3 Å². The van der Waals surface area contributed by atoms with Gasteiger partial charge in [0.05, 0.1) is 6.54 Å². The van der Waals surface area contributed by atoms with Crippen molar-refractivity contribution in [1.82, 2.24) is 5.32 Å². The van der Waals surface area contributed by atoms with Gasteiger partial charge in [-0.1, -0.05) is 30.8 Å². The third-order valence-corrected chi connectivity index (χ3v) is 3.89. The number of rotatable bonds is 7. The SMILES string of the molecule is C=C(NC(C)C/C(C)=N\CC)c1ccc(C2=NCC(C(F)(F)F)=N2)cc1. The summed E-state index contributed by atoms with van der Waals surface area (Å²) in [5.74, 6) is 0.113. The van der Waals surface area contributed by atoms with Gasteiger partial charge in [-0.15, -0.1) is 0 Å². The predicted molar refractivity (Wildman–Crippen MR) is 101 cm³/mol. The summed E-state index contributed by atoms with van der Waals surface area (Å²) in [5, 5.41) is 3.32. The maximum atomic E-state index is 12.6. The van der Waals surface area contributed by atoms with Gasteiger partial charge in [0, 0.05) is 36.0 Å². The Morgan fingerprint density at radius 3 is 2.50 bits per heavy atom. The van der Waals surface area contributed by atoms with Gasteiger partial charge in [-0.05, 0) is 26.3 Å². The van der Waals surface area contributed by atoms with E-state index in [1.807, 2.05) is 13.8 Å². The average Bonchev–Trinajstić information content (AvgIpc) is 3.05. The lowest BCUT2D eigenvalue weighted by Gasteiger charge is -2.17. The van der Waals surface area contributed by atoms with Crippen LogP contribution in [0.5, 0.6) is 0 Å². The van der Waals surface area contributed by atoms with Crippen LogP contribution in [-0.4, -0.2) is 42.6 Å². The van der Waals surface area contributed by atoms with Gasteiger partial charge in [-0.3, -0.25) is 9.98 Å². The van der Waals surface area contributed by atoms with Crippen molar-refractivity contribution in [2.75, 3.05) is 13.1 Å². The van der Waals surface area contributed by atoms with Crippen molar-refractivity contribution in [3.05, 3.63) is 42.0 Å². The molecule has 1 aliphatic heterocycles. The molecule has 1 N–H and O–H groups in total. The molecule has 4 nitrogen and oxygen atoms in total. The zero-order chi connectivity index (χ0) is 19.3. The highest BCUT2D eigenvalue weighted by molar-refractivity contribution is 6.13. The van der Waals surface area contributed by atoms with E-state index in [0.717, 1.165) is 29.9 Å². The first kappa shape index (κ1) is 19.9. The van der Waals surface area contributed by atoms with Crippen LogP contribution in [0.2, 0.25) is 0 Å². The number of hydrogen-bond acceptors (Lipinski definition) is 4. The Bertz CT molecular complexity index is 743. The van der Waals surface area contributed by atoms with Crippen LogP contribution in [0.15, 0.2) is 45.8 Å². The van der Waals surface area contributed by atoms with E-state index < -0.39 is 18.4 Å². The van der Waals surface area contributed by atoms with Crippen molar-refractivity contribution in [2.24, 2.45) is 15.0 Å². The summed E-state index contributed by atoms with van der Waals surface area (Å²) >= 11 is 0. The van der Waals surface area contributed by atoms with Crippen molar-refractivity contribution < 1.29 is 13.2 Å². The monoisotopic (exact) mass is 364 g/mol. The van der Waals surface area contributed by atoms with Crippen molar-refractivity contribution in [3.63, 3.8) is 0 Å². The van der Waals surface area contributed by atoms with Crippen molar-refractivity contribution in [1.29, 1.82) is 0 Å². The molecule has 2 rings (SSSR count). The molecule has 0 fully saturated rings. The highest BCUT2D eigenvalue weighted by Crippen LogP contribution is 2.22. The van der Waals surface area contributed by atoms with Gasteiger partial charge < -0.3 is 5.32 Å². The third-order valence-electron chi connectivity index (χ3n) is 3.89. The molecule has 1 heterocycles. The molecule has 0 spiro atoms. The van der Waals surface area contributed by atoms with Crippen LogP contribution in [0.25, 0.3) is 5.70 Å². The van der Waals surface area contributed by atoms with E-state index in [0.29, 0.717) is 5.56 Å². The second-order valence-corrected chi connectivity index (χ2v) is 6.21. The molecular weight excluding hydrogens is 341 g/mol. The molecule has 0 bridgehead atoms. The molecule has 1 aromatic carbocycles. The molecule has 0 aromatic heterocycles. The quantitative estimate of drug-likeness (QED) is 0.722. The summed E-state index contributed by atoms with van der Waals surface area (Å²) in [5.41, 5.74) is 2.39. The minimum absolute atomic E-state index is 0.113. The fraction of sp³-hybridized carbons (Fsp3) is 0.421. The van der Waals surface area contributed by atoms with Gasteiger partial charge in [0.2, 0.25) is 0 Å². The summed E-state index contributed by atoms with van der Waals surface area (Å²) in [4.78, 5) is 11.8. The Balaban J connectivity index is 2.00. The van der Waals surface area contributed by atoms with Crippen LogP contribution < -0.4 is 5.32 Å². The van der Waals surface area contributed by atoms with E-state index in [2.05, 4.69) is 33.8 Å². The topological polar surface area (TPSA) is 49.1 Å². The molecule has 1 unspecified atom stereocenters. The van der Waals surface area contributed by atoms with E-state index >= 15 is 0 Å². The number of nitrogens with zero attached hydrogens (tertiary/aromatic N) is 3. The summed E-state index contributed by atoms with van der Waals surface area (Å²) in [6.45, 7) is 10.4. The molecule has 0 saturated carbocycles. The molecule has 0 radical (unpaired) electrons. The molecule has 0 saturated heterocycles. The Hall–Kier alpha value is -2.44. The number of halogens is 3. The van der Waals surface area contributed by atoms with Gasteiger partial charge in [-0.25, -0.2) is 4.99 Å². The summed E-state index contributed by atoms with van der Waals surface area (Å²) < 4.78 is 37.9. The van der Waals surface area contributed by atoms with E-state index in [1.165, 1.54) is 0 Å². The first-order chi connectivity index (χ1) is 12.2. The normalized spacial score (nSPS) is 16.2. The van der Waals surface area contributed by atoms with Crippen LogP contribution in [-0.2, 0) is 0 Å². The van der Waals surface area contributed by atoms with Gasteiger partial charge in [0.15, 0.2) is 5.84 Å². The summed E-state index contributed by atoms with van der Waals surface area (Å²) in [7, 11) is 0. The number of hydrogen-bond donors (Lipinski definition) is 1. The molecule has 26 heavy (non-hydrogen) atoms. The summed E-state index contributed by atoms with van der Waals surface area (Å²) in [6, 6.07) is 7.19. The van der Waals surface area contributed by atoms with E-state index in [-0.39, 0.29) is 11.9 Å². The summed E-state index contributed by atoms with van der Waals surface area (Å²) in [6.07, 6.45) is -3.62. The Morgan fingerprint density at radius 2 is 1.96 bits per heavy atom. The number of nitrogens with one attached hydrogen (secondary N) is 1. The van der Waals surface area contributed by atoms with Crippen LogP contribution in [0.4, 0.5) is 13.2 Å². The molecule has 1 atom stereocenters. The minimum atomic E-state index is -4.43. The zero-order valence-electron chi connectivity index (χ0n) is 15.2. The molecule has 1 aromatic rings. The third kappa shape index (κ3) is 5.28. The van der Waals surface area contributed by atoms with Crippen LogP contribution in [0.1, 0.15) is 38.3 Å². The minimum Gasteiger partial charge on any atom is -0.382 e. The lowest BCUT2D eigenvalue weighted by molar-refractivity contribution is -0.0592. The van der Waals surface area contributed by atoms with Gasteiger partial charge >= 0.3 is 6.18 Å². The maximum Gasteiger partial charge on any atom is 0.431 e. The highest BCUT2D eigenvalue weighted by Gasteiger charge is 2.37. The van der Waals surface area contributed by atoms with E-state index in [4.69, 9.17) is 0 Å². The second kappa shape index (κ2) is 8.29. The molecule has 0 amide bonds. The molecule has 140 valence electrons. The predicted octanol–water partition coefficient (Wildman–Crippen LogP) is 4.27. The smallest absolute Gasteiger partial charge is 0.382 e. The fourth-order valence-corrected chi connectivity index (χ4v) is 2.69. The molecule has 1 aliphatic rings. The number of aliphatic imine (C=N–C) groups is 3. The van der Waals surface area contributed by atoms with Gasteiger partial charge in [0.25, 0.3) is 0 Å². The van der Waals surface area contributed by atoms with E-state index in [9.17, 15) is 13.2 Å². The second-order valence-electron chi connectivity index (χ2n) is 6.21. The van der Waals surface area contributed by atoms with Crippen LogP contribution in [0, 0.1) is 0 Å². The Kier molecular flexibility index (Phi) is 6.34. The lowest BCUT2D eigenvalue weighted by atomic mass is 10.1. The maximum absolute atomic E-state index is 12.6.